The maximum atomic E-state index is 13.3. The molecule has 0 aromatic carbocycles. The molecule has 0 radical (unpaired) electrons. The molecule has 2 N–H and O–H groups in total. The fraction of sp³-hybridized carbons (Fsp3) is 0.478. The van der Waals surface area contributed by atoms with E-state index in [9.17, 15) is 9.59 Å². The van der Waals surface area contributed by atoms with Crippen molar-refractivity contribution in [2.24, 2.45) is 5.92 Å². The van der Waals surface area contributed by atoms with Gasteiger partial charge in [0, 0.05) is 44.6 Å². The molecule has 2 aliphatic heterocycles. The Morgan fingerprint density at radius 3 is 2.74 bits per heavy atom. The van der Waals surface area contributed by atoms with E-state index in [1.54, 1.807) is 17.3 Å². The Balaban J connectivity index is 1.29. The van der Waals surface area contributed by atoms with Crippen LogP contribution in [0, 0.1) is 12.8 Å². The fourth-order valence-corrected chi connectivity index (χ4v) is 5.05. The molecule has 5 rings (SSSR count). The van der Waals surface area contributed by atoms with Gasteiger partial charge in [-0.05, 0) is 38.3 Å². The van der Waals surface area contributed by atoms with Gasteiger partial charge in [-0.3, -0.25) is 14.6 Å². The summed E-state index contributed by atoms with van der Waals surface area (Å²) in [5.41, 5.74) is 1.83. The van der Waals surface area contributed by atoms with Crippen LogP contribution in [0.2, 0.25) is 0 Å². The normalized spacial score (nSPS) is 17.9. The van der Waals surface area contributed by atoms with Crippen molar-refractivity contribution in [3.8, 4) is 0 Å². The lowest BCUT2D eigenvalue weighted by Crippen LogP contribution is -2.61. The first-order chi connectivity index (χ1) is 16.5. The number of carbonyl (C=O) groups excluding carboxylic acids is 2. The molecule has 3 aromatic rings. The van der Waals surface area contributed by atoms with Gasteiger partial charge in [-0.15, -0.1) is 11.3 Å². The van der Waals surface area contributed by atoms with Crippen molar-refractivity contribution in [1.82, 2.24) is 30.2 Å². The number of nitrogens with one attached hydrogen (secondary N) is 2. The van der Waals surface area contributed by atoms with Gasteiger partial charge in [-0.1, -0.05) is 6.07 Å². The Labute approximate surface area is 201 Å². The molecule has 2 fully saturated rings. The van der Waals surface area contributed by atoms with Gasteiger partial charge < -0.3 is 20.3 Å². The van der Waals surface area contributed by atoms with Gasteiger partial charge in [0.1, 0.15) is 4.70 Å². The Bertz CT molecular complexity index is 1190. The Kier molecular flexibility index (Phi) is 6.38. The van der Waals surface area contributed by atoms with E-state index in [0.29, 0.717) is 48.3 Å². The highest BCUT2D eigenvalue weighted by Crippen LogP contribution is 2.28. The minimum atomic E-state index is -0.176. The van der Waals surface area contributed by atoms with Gasteiger partial charge in [0.25, 0.3) is 5.91 Å². The number of anilines is 1. The van der Waals surface area contributed by atoms with Crippen molar-refractivity contribution >= 4 is 39.4 Å². The number of likely N-dealkylation sites (tertiary alicyclic amines) is 1. The molecule has 0 saturated carbocycles. The van der Waals surface area contributed by atoms with Gasteiger partial charge in [-0.25, -0.2) is 9.97 Å². The highest BCUT2D eigenvalue weighted by molar-refractivity contribution is 7.18. The monoisotopic (exact) mass is 481 g/mol. The van der Waals surface area contributed by atoms with E-state index < -0.39 is 0 Å². The van der Waals surface area contributed by atoms with Gasteiger partial charge in [-0.2, -0.15) is 4.98 Å². The van der Waals surface area contributed by atoms with Crippen molar-refractivity contribution in [3.63, 3.8) is 0 Å². The minimum Gasteiger partial charge on any atom is -0.381 e. The lowest BCUT2D eigenvalue weighted by atomic mass is 9.98. The summed E-state index contributed by atoms with van der Waals surface area (Å²) >= 11 is 1.41. The number of amides is 2. The lowest BCUT2D eigenvalue weighted by Gasteiger charge is -2.40. The van der Waals surface area contributed by atoms with E-state index in [1.807, 2.05) is 26.0 Å². The average Bonchev–Trinajstić information content (AvgIpc) is 3.21. The third-order valence-corrected chi connectivity index (χ3v) is 7.17. The number of nitrogens with zero attached hydrogens (tertiary/aromatic N) is 5. The van der Waals surface area contributed by atoms with Crippen LogP contribution < -0.4 is 10.6 Å². The van der Waals surface area contributed by atoms with Crippen LogP contribution in [0.5, 0.6) is 0 Å². The number of pyridine rings is 1. The lowest BCUT2D eigenvalue weighted by molar-refractivity contribution is -0.129. The predicted molar refractivity (Wildman–Crippen MR) is 128 cm³/mol. The maximum Gasteiger partial charge on any atom is 0.274 e. The molecule has 2 saturated heterocycles. The highest BCUT2D eigenvalue weighted by Gasteiger charge is 2.35. The van der Waals surface area contributed by atoms with Crippen LogP contribution in [0.3, 0.4) is 0 Å². The number of hydrogen-bond donors (Lipinski definition) is 2. The molecule has 10 nitrogen and oxygen atoms in total. The summed E-state index contributed by atoms with van der Waals surface area (Å²) in [4.78, 5) is 45.3. The molecule has 2 amide bonds. The zero-order chi connectivity index (χ0) is 23.7. The number of aromatic nitrogens is 4. The number of thiazole rings is 1. The first-order valence-corrected chi connectivity index (χ1v) is 12.3. The van der Waals surface area contributed by atoms with Crippen LogP contribution in [0.15, 0.2) is 24.5 Å². The molecular formula is C23H27N7O3S. The Morgan fingerprint density at radius 1 is 1.21 bits per heavy atom. The van der Waals surface area contributed by atoms with Crippen molar-refractivity contribution in [3.05, 3.63) is 40.8 Å². The third-order valence-electron chi connectivity index (χ3n) is 6.20. The summed E-state index contributed by atoms with van der Waals surface area (Å²) in [5.74, 6) is 0.224. The van der Waals surface area contributed by atoms with Crippen LogP contribution in [0.1, 0.15) is 46.9 Å². The molecular weight excluding hydrogens is 454 g/mol. The molecule has 178 valence electrons. The minimum absolute atomic E-state index is 0.00408. The molecule has 3 aromatic heterocycles. The molecule has 5 heterocycles. The summed E-state index contributed by atoms with van der Waals surface area (Å²) in [6.07, 6.45) is 5.00. The average molecular weight is 482 g/mol. The van der Waals surface area contributed by atoms with Crippen LogP contribution in [0.25, 0.3) is 10.3 Å². The SMILES string of the molecule is Cc1nc2nc(NC(C)c3cccnc3)nc(C(=O)N3CC(NC(=O)C4CCOCC4)C3)c2s1. The second-order valence-corrected chi connectivity index (χ2v) is 9.94. The summed E-state index contributed by atoms with van der Waals surface area (Å²) < 4.78 is 6.01. The zero-order valence-electron chi connectivity index (χ0n) is 19.2. The van der Waals surface area contributed by atoms with E-state index in [2.05, 4.69) is 30.6 Å². The molecule has 0 bridgehead atoms. The molecule has 34 heavy (non-hydrogen) atoms. The standard InChI is InChI=1S/C23H27N7O3S/c1-13(16-4-3-7-24-10-16)25-23-28-18(19-20(29-23)26-14(2)34-19)22(32)30-11-17(12-30)27-21(31)15-5-8-33-9-6-15/h3-4,7,10,13,15,17H,5-6,8-9,11-12H2,1-2H3,(H,27,31)(H,25,28,29). The fourth-order valence-electron chi connectivity index (χ4n) is 4.21. The number of hydrogen-bond acceptors (Lipinski definition) is 9. The number of rotatable bonds is 6. The summed E-state index contributed by atoms with van der Waals surface area (Å²) in [6.45, 7) is 6.05. The first kappa shape index (κ1) is 22.6. The van der Waals surface area contributed by atoms with E-state index >= 15 is 0 Å². The topological polar surface area (TPSA) is 122 Å². The van der Waals surface area contributed by atoms with Gasteiger partial charge in [0.2, 0.25) is 11.9 Å². The molecule has 2 aliphatic rings. The largest absolute Gasteiger partial charge is 0.381 e. The van der Waals surface area contributed by atoms with Gasteiger partial charge in [0.05, 0.1) is 17.1 Å². The zero-order valence-corrected chi connectivity index (χ0v) is 20.0. The van der Waals surface area contributed by atoms with E-state index in [1.165, 1.54) is 11.3 Å². The number of fused-ring (bicyclic) bond motifs is 1. The second kappa shape index (κ2) is 9.59. The van der Waals surface area contributed by atoms with Crippen LogP contribution in [-0.4, -0.2) is 69.0 Å². The molecule has 1 unspecified atom stereocenters. The maximum absolute atomic E-state index is 13.3. The van der Waals surface area contributed by atoms with E-state index in [-0.39, 0.29) is 29.8 Å². The van der Waals surface area contributed by atoms with Crippen molar-refractivity contribution in [2.75, 3.05) is 31.6 Å². The van der Waals surface area contributed by atoms with Crippen LogP contribution in [0.4, 0.5) is 5.95 Å². The Hall–Kier alpha value is -3.18. The third kappa shape index (κ3) is 4.71. The second-order valence-electron chi connectivity index (χ2n) is 8.74. The highest BCUT2D eigenvalue weighted by atomic mass is 32.1. The van der Waals surface area contributed by atoms with Crippen molar-refractivity contribution in [1.29, 1.82) is 0 Å². The van der Waals surface area contributed by atoms with Crippen LogP contribution in [-0.2, 0) is 9.53 Å². The Morgan fingerprint density at radius 2 is 2.00 bits per heavy atom. The molecule has 11 heteroatoms. The molecule has 1 atom stereocenters. The van der Waals surface area contributed by atoms with E-state index in [0.717, 1.165) is 23.4 Å². The smallest absolute Gasteiger partial charge is 0.274 e. The van der Waals surface area contributed by atoms with Gasteiger partial charge in [0.15, 0.2) is 11.3 Å². The van der Waals surface area contributed by atoms with Crippen molar-refractivity contribution in [2.45, 2.75) is 38.8 Å². The van der Waals surface area contributed by atoms with Crippen LogP contribution >= 0.6 is 11.3 Å². The molecule has 0 spiro atoms. The number of ether oxygens (including phenoxy) is 1. The summed E-state index contributed by atoms with van der Waals surface area (Å²) in [6, 6.07) is 3.71. The quantitative estimate of drug-likeness (QED) is 0.550. The number of aryl methyl sites for hydroxylation is 1. The first-order valence-electron chi connectivity index (χ1n) is 11.5. The summed E-state index contributed by atoms with van der Waals surface area (Å²) in [7, 11) is 0. The van der Waals surface area contributed by atoms with E-state index in [4.69, 9.17) is 4.74 Å². The summed E-state index contributed by atoms with van der Waals surface area (Å²) in [5, 5.41) is 7.16. The van der Waals surface area contributed by atoms with Gasteiger partial charge >= 0.3 is 0 Å². The molecule has 0 aliphatic carbocycles. The number of carbonyl (C=O) groups is 2. The van der Waals surface area contributed by atoms with Crippen molar-refractivity contribution < 1.29 is 14.3 Å². The predicted octanol–water partition coefficient (Wildman–Crippen LogP) is 2.33.